The van der Waals surface area contributed by atoms with Gasteiger partial charge >= 0.3 is 0 Å². The Bertz CT molecular complexity index is 634. The lowest BCUT2D eigenvalue weighted by molar-refractivity contribution is -0.147. The molecule has 0 saturated carbocycles. The van der Waals surface area contributed by atoms with Crippen molar-refractivity contribution in [3.63, 3.8) is 0 Å². The predicted molar refractivity (Wildman–Crippen MR) is 91.9 cm³/mol. The predicted octanol–water partition coefficient (Wildman–Crippen LogP) is 1.04. The number of hydrogen-bond acceptors (Lipinski definition) is 4. The molecule has 1 aromatic carbocycles. The quantitative estimate of drug-likeness (QED) is 0.766. The second-order valence-electron chi connectivity index (χ2n) is 6.81. The minimum absolute atomic E-state index is 0.0193. The van der Waals surface area contributed by atoms with Crippen LogP contribution < -0.4 is 0 Å². The van der Waals surface area contributed by atoms with Crippen molar-refractivity contribution in [2.45, 2.75) is 31.3 Å². The first kappa shape index (κ1) is 17.6. The second kappa shape index (κ2) is 7.78. The van der Waals surface area contributed by atoms with E-state index in [-0.39, 0.29) is 25.0 Å². The molecule has 6 heteroatoms. The number of nitrogens with zero attached hydrogens (tertiary/aromatic N) is 2. The van der Waals surface area contributed by atoms with Crippen LogP contribution in [0.15, 0.2) is 30.3 Å². The fourth-order valence-corrected chi connectivity index (χ4v) is 3.64. The molecular formula is C19H24N2O4. The van der Waals surface area contributed by atoms with Crippen LogP contribution in [0.25, 0.3) is 0 Å². The molecule has 2 fully saturated rings. The van der Waals surface area contributed by atoms with Gasteiger partial charge in [-0.25, -0.2) is 0 Å². The highest BCUT2D eigenvalue weighted by Gasteiger charge is 2.40. The zero-order chi connectivity index (χ0) is 17.7. The highest BCUT2D eigenvalue weighted by Crippen LogP contribution is 2.31. The van der Waals surface area contributed by atoms with Gasteiger partial charge in [0, 0.05) is 19.6 Å². The molecule has 2 aliphatic rings. The molecule has 2 amide bonds. The molecule has 0 bridgehead atoms. The summed E-state index contributed by atoms with van der Waals surface area (Å²) in [6.45, 7) is 1.82. The minimum Gasteiger partial charge on any atom is -0.363 e. The average Bonchev–Trinajstić information content (AvgIpc) is 2.77. The van der Waals surface area contributed by atoms with E-state index in [0.717, 1.165) is 31.2 Å². The summed E-state index contributed by atoms with van der Waals surface area (Å²) in [5.74, 6) is -0.0640. The molecule has 3 rings (SSSR count). The highest BCUT2D eigenvalue weighted by atomic mass is 16.5. The van der Waals surface area contributed by atoms with E-state index in [1.807, 2.05) is 35.2 Å². The number of amides is 2. The van der Waals surface area contributed by atoms with E-state index >= 15 is 0 Å². The van der Waals surface area contributed by atoms with Gasteiger partial charge in [-0.05, 0) is 24.8 Å². The van der Waals surface area contributed by atoms with Crippen LogP contribution in [-0.4, -0.2) is 66.3 Å². The zero-order valence-electron chi connectivity index (χ0n) is 14.4. The molecule has 25 heavy (non-hydrogen) atoms. The molecule has 2 heterocycles. The second-order valence-corrected chi connectivity index (χ2v) is 6.81. The molecule has 2 aliphatic heterocycles. The van der Waals surface area contributed by atoms with E-state index in [9.17, 15) is 14.4 Å². The first-order valence-electron chi connectivity index (χ1n) is 8.79. The number of rotatable bonds is 4. The fourth-order valence-electron chi connectivity index (χ4n) is 3.64. The topological polar surface area (TPSA) is 66.9 Å². The van der Waals surface area contributed by atoms with Gasteiger partial charge in [-0.2, -0.15) is 0 Å². The third-order valence-corrected chi connectivity index (χ3v) is 5.08. The maximum Gasteiger partial charge on any atom is 0.248 e. The molecule has 0 aliphatic carbocycles. The maximum atomic E-state index is 12.7. The van der Waals surface area contributed by atoms with Gasteiger partial charge in [0.1, 0.15) is 12.9 Å². The SMILES string of the molecule is O=CCN1CCC2(CCCN(C(=O)Cc3ccccc3)C2)OCC1=O. The molecular weight excluding hydrogens is 320 g/mol. The van der Waals surface area contributed by atoms with Crippen LogP contribution in [0.4, 0.5) is 0 Å². The largest absolute Gasteiger partial charge is 0.363 e. The number of ether oxygens (including phenoxy) is 1. The molecule has 6 nitrogen and oxygen atoms in total. The van der Waals surface area contributed by atoms with Crippen LogP contribution in [-0.2, 0) is 25.5 Å². The number of carbonyl (C=O) groups is 3. The zero-order valence-corrected chi connectivity index (χ0v) is 14.4. The Kier molecular flexibility index (Phi) is 5.48. The molecule has 0 aromatic heterocycles. The summed E-state index contributed by atoms with van der Waals surface area (Å²) in [5, 5.41) is 0. The van der Waals surface area contributed by atoms with Gasteiger partial charge in [-0.15, -0.1) is 0 Å². The summed E-state index contributed by atoms with van der Waals surface area (Å²) in [5.41, 5.74) is 0.527. The van der Waals surface area contributed by atoms with Gasteiger partial charge in [0.15, 0.2) is 0 Å². The number of carbonyl (C=O) groups excluding carboxylic acids is 3. The smallest absolute Gasteiger partial charge is 0.248 e. The van der Waals surface area contributed by atoms with Crippen LogP contribution in [0.3, 0.4) is 0 Å². The van der Waals surface area contributed by atoms with Crippen molar-refractivity contribution in [1.29, 1.82) is 0 Å². The Balaban J connectivity index is 1.64. The van der Waals surface area contributed by atoms with Gasteiger partial charge in [-0.1, -0.05) is 30.3 Å². The van der Waals surface area contributed by atoms with E-state index in [1.165, 1.54) is 4.90 Å². The van der Waals surface area contributed by atoms with Crippen LogP contribution in [0.1, 0.15) is 24.8 Å². The summed E-state index contributed by atoms with van der Waals surface area (Å²) >= 11 is 0. The fraction of sp³-hybridized carbons (Fsp3) is 0.526. The standard InChI is InChI=1S/C19H24N2O4/c22-12-11-20-10-8-19(25-14-18(20)24)7-4-9-21(15-19)17(23)13-16-5-2-1-3-6-16/h1-3,5-6,12H,4,7-11,13-15H2. The molecule has 134 valence electrons. The molecule has 1 atom stereocenters. The summed E-state index contributed by atoms with van der Waals surface area (Å²) in [6.07, 6.45) is 3.48. The van der Waals surface area contributed by atoms with Crippen LogP contribution in [0.2, 0.25) is 0 Å². The van der Waals surface area contributed by atoms with Crippen molar-refractivity contribution < 1.29 is 19.1 Å². The highest BCUT2D eigenvalue weighted by molar-refractivity contribution is 5.80. The Labute approximate surface area is 147 Å². The number of likely N-dealkylation sites (tertiary alicyclic amines) is 1. The van der Waals surface area contributed by atoms with Crippen molar-refractivity contribution in [1.82, 2.24) is 9.80 Å². The van der Waals surface area contributed by atoms with Crippen molar-refractivity contribution in [2.24, 2.45) is 0 Å². The van der Waals surface area contributed by atoms with Gasteiger partial charge in [0.2, 0.25) is 11.8 Å². The summed E-state index contributed by atoms with van der Waals surface area (Å²) < 4.78 is 5.95. The van der Waals surface area contributed by atoms with E-state index in [1.54, 1.807) is 0 Å². The van der Waals surface area contributed by atoms with Gasteiger partial charge in [0.05, 0.1) is 18.6 Å². The molecule has 1 spiro atoms. The summed E-state index contributed by atoms with van der Waals surface area (Å²) in [4.78, 5) is 38.8. The van der Waals surface area contributed by atoms with Crippen LogP contribution in [0, 0.1) is 0 Å². The molecule has 1 aromatic rings. The number of piperidine rings is 1. The van der Waals surface area contributed by atoms with E-state index < -0.39 is 5.60 Å². The number of aldehydes is 1. The normalized spacial score (nSPS) is 24.2. The third kappa shape index (κ3) is 4.25. The number of hydrogen-bond donors (Lipinski definition) is 0. The maximum absolute atomic E-state index is 12.7. The average molecular weight is 344 g/mol. The first-order chi connectivity index (χ1) is 12.1. The van der Waals surface area contributed by atoms with Gasteiger partial charge in [-0.3, -0.25) is 9.59 Å². The Morgan fingerprint density at radius 2 is 2.00 bits per heavy atom. The van der Waals surface area contributed by atoms with Crippen LogP contribution in [0.5, 0.6) is 0 Å². The van der Waals surface area contributed by atoms with Crippen molar-refractivity contribution in [3.8, 4) is 0 Å². The van der Waals surface area contributed by atoms with E-state index in [0.29, 0.717) is 25.9 Å². The first-order valence-corrected chi connectivity index (χ1v) is 8.79. The van der Waals surface area contributed by atoms with Gasteiger partial charge in [0.25, 0.3) is 0 Å². The Morgan fingerprint density at radius 1 is 1.20 bits per heavy atom. The van der Waals surface area contributed by atoms with Crippen molar-refractivity contribution in [3.05, 3.63) is 35.9 Å². The molecule has 2 saturated heterocycles. The van der Waals surface area contributed by atoms with Gasteiger partial charge < -0.3 is 19.3 Å². The van der Waals surface area contributed by atoms with Crippen LogP contribution >= 0.6 is 0 Å². The van der Waals surface area contributed by atoms with E-state index in [2.05, 4.69) is 0 Å². The lowest BCUT2D eigenvalue weighted by Crippen LogP contribution is -2.52. The number of benzene rings is 1. The molecule has 1 unspecified atom stereocenters. The van der Waals surface area contributed by atoms with Crippen molar-refractivity contribution in [2.75, 3.05) is 32.8 Å². The van der Waals surface area contributed by atoms with Crippen molar-refractivity contribution >= 4 is 18.1 Å². The minimum atomic E-state index is -0.474. The lowest BCUT2D eigenvalue weighted by atomic mass is 9.89. The Hall–Kier alpha value is -2.21. The van der Waals surface area contributed by atoms with E-state index in [4.69, 9.17) is 4.74 Å². The third-order valence-electron chi connectivity index (χ3n) is 5.08. The summed E-state index contributed by atoms with van der Waals surface area (Å²) in [6, 6.07) is 9.71. The summed E-state index contributed by atoms with van der Waals surface area (Å²) in [7, 11) is 0. The lowest BCUT2D eigenvalue weighted by Gasteiger charge is -2.42. The Morgan fingerprint density at radius 3 is 2.76 bits per heavy atom. The molecule has 0 N–H and O–H groups in total. The monoisotopic (exact) mass is 344 g/mol. The molecule has 0 radical (unpaired) electrons.